The third-order valence-electron chi connectivity index (χ3n) is 3.77. The van der Waals surface area contributed by atoms with Gasteiger partial charge in [-0.15, -0.1) is 0 Å². The lowest BCUT2D eigenvalue weighted by atomic mass is 10.1. The maximum absolute atomic E-state index is 13.1. The number of likely N-dealkylation sites (tertiary alicyclic amines) is 1. The molecule has 0 radical (unpaired) electrons. The highest BCUT2D eigenvalue weighted by atomic mass is 19.4. The summed E-state index contributed by atoms with van der Waals surface area (Å²) in [5, 5.41) is 11.8. The third kappa shape index (κ3) is 4.11. The van der Waals surface area contributed by atoms with E-state index in [1.807, 2.05) is 7.05 Å². The van der Waals surface area contributed by atoms with Gasteiger partial charge in [0.25, 0.3) is 0 Å². The Kier molecular flexibility index (Phi) is 4.73. The van der Waals surface area contributed by atoms with E-state index in [-0.39, 0.29) is 17.3 Å². The molecular formula is C15H18F3N3. The number of rotatable bonds is 2. The zero-order chi connectivity index (χ0) is 15.5. The predicted octanol–water partition coefficient (Wildman–Crippen LogP) is 3.47. The van der Waals surface area contributed by atoms with E-state index in [9.17, 15) is 13.2 Å². The van der Waals surface area contributed by atoms with Gasteiger partial charge in [-0.3, -0.25) is 0 Å². The average Bonchev–Trinajstić information content (AvgIpc) is 2.63. The van der Waals surface area contributed by atoms with Gasteiger partial charge in [0, 0.05) is 11.7 Å². The highest BCUT2D eigenvalue weighted by molar-refractivity contribution is 5.56. The largest absolute Gasteiger partial charge is 0.418 e. The normalized spacial score (nSPS) is 20.6. The average molecular weight is 297 g/mol. The van der Waals surface area contributed by atoms with Gasteiger partial charge in [-0.05, 0) is 57.6 Å². The molecule has 0 amide bonds. The number of nitrogens with zero attached hydrogens (tertiary/aromatic N) is 2. The summed E-state index contributed by atoms with van der Waals surface area (Å²) in [6, 6.07) is 5.47. The summed E-state index contributed by atoms with van der Waals surface area (Å²) in [6.45, 7) is 1.84. The number of halogens is 3. The van der Waals surface area contributed by atoms with Gasteiger partial charge in [0.05, 0.1) is 17.2 Å². The third-order valence-corrected chi connectivity index (χ3v) is 3.77. The molecule has 21 heavy (non-hydrogen) atoms. The Balaban J connectivity index is 2.21. The molecule has 1 heterocycles. The smallest absolute Gasteiger partial charge is 0.382 e. The highest BCUT2D eigenvalue weighted by Gasteiger charge is 2.34. The lowest BCUT2D eigenvalue weighted by Gasteiger charge is -2.21. The van der Waals surface area contributed by atoms with E-state index < -0.39 is 11.7 Å². The summed E-state index contributed by atoms with van der Waals surface area (Å²) >= 11 is 0. The molecule has 0 spiro atoms. The Morgan fingerprint density at radius 3 is 2.71 bits per heavy atom. The minimum absolute atomic E-state index is 0.0217. The monoisotopic (exact) mass is 297 g/mol. The molecule has 0 aromatic heterocycles. The van der Waals surface area contributed by atoms with Gasteiger partial charge in [-0.25, -0.2) is 0 Å². The standard InChI is InChI=1S/C15H18F3N3/c1-21-7-2-3-12(6-8-21)20-14-5-4-11(10-19)9-13(14)15(16,17)18/h4-5,9,12,20H,2-3,6-8H2,1H3. The molecule has 1 N–H and O–H groups in total. The second-order valence-corrected chi connectivity index (χ2v) is 5.45. The van der Waals surface area contributed by atoms with Crippen LogP contribution in [0.5, 0.6) is 0 Å². The second-order valence-electron chi connectivity index (χ2n) is 5.45. The van der Waals surface area contributed by atoms with Crippen molar-refractivity contribution in [2.45, 2.75) is 31.5 Å². The lowest BCUT2D eigenvalue weighted by Crippen LogP contribution is -2.24. The Morgan fingerprint density at radius 2 is 2.05 bits per heavy atom. The molecule has 114 valence electrons. The highest BCUT2D eigenvalue weighted by Crippen LogP contribution is 2.36. The SMILES string of the molecule is CN1CCCC(Nc2ccc(C#N)cc2C(F)(F)F)CC1. The summed E-state index contributed by atoms with van der Waals surface area (Å²) in [5.74, 6) is 0. The molecule has 0 saturated carbocycles. The Hall–Kier alpha value is -1.74. The quantitative estimate of drug-likeness (QED) is 0.908. The van der Waals surface area contributed by atoms with Crippen LogP contribution in [0.3, 0.4) is 0 Å². The van der Waals surface area contributed by atoms with E-state index in [1.54, 1.807) is 6.07 Å². The van der Waals surface area contributed by atoms with Gasteiger partial charge in [0.15, 0.2) is 0 Å². The van der Waals surface area contributed by atoms with Crippen LogP contribution in [0, 0.1) is 11.3 Å². The van der Waals surface area contributed by atoms with E-state index in [0.29, 0.717) is 0 Å². The number of alkyl halides is 3. The topological polar surface area (TPSA) is 39.1 Å². The van der Waals surface area contributed by atoms with Crippen molar-refractivity contribution in [1.29, 1.82) is 5.26 Å². The van der Waals surface area contributed by atoms with Gasteiger partial charge < -0.3 is 10.2 Å². The van der Waals surface area contributed by atoms with Crippen molar-refractivity contribution in [2.24, 2.45) is 0 Å². The fraction of sp³-hybridized carbons (Fsp3) is 0.533. The molecule has 1 unspecified atom stereocenters. The first-order valence-corrected chi connectivity index (χ1v) is 6.96. The van der Waals surface area contributed by atoms with Gasteiger partial charge in [-0.2, -0.15) is 18.4 Å². The van der Waals surface area contributed by atoms with Crippen LogP contribution in [-0.2, 0) is 6.18 Å². The number of anilines is 1. The molecule has 0 bridgehead atoms. The first kappa shape index (κ1) is 15.6. The van der Waals surface area contributed by atoms with E-state index in [2.05, 4.69) is 10.2 Å². The number of hydrogen-bond acceptors (Lipinski definition) is 3. The summed E-state index contributed by atoms with van der Waals surface area (Å²) in [7, 11) is 2.02. The second kappa shape index (κ2) is 6.35. The van der Waals surface area contributed by atoms with Crippen LogP contribution in [0.1, 0.15) is 30.4 Å². The van der Waals surface area contributed by atoms with Crippen molar-refractivity contribution in [3.63, 3.8) is 0 Å². The number of hydrogen-bond donors (Lipinski definition) is 1. The Morgan fingerprint density at radius 1 is 1.29 bits per heavy atom. The molecular weight excluding hydrogens is 279 g/mol. The summed E-state index contributed by atoms with van der Waals surface area (Å²) in [6.07, 6.45) is -1.84. The predicted molar refractivity (Wildman–Crippen MR) is 74.9 cm³/mol. The first-order valence-electron chi connectivity index (χ1n) is 6.96. The zero-order valence-electron chi connectivity index (χ0n) is 11.9. The molecule has 0 aliphatic carbocycles. The molecule has 6 heteroatoms. The van der Waals surface area contributed by atoms with Gasteiger partial charge in [0.1, 0.15) is 0 Å². The molecule has 1 aromatic carbocycles. The van der Waals surface area contributed by atoms with Crippen LogP contribution in [0.2, 0.25) is 0 Å². The summed E-state index contributed by atoms with van der Waals surface area (Å²) < 4.78 is 39.3. The molecule has 1 aliphatic heterocycles. The van der Waals surface area contributed by atoms with E-state index >= 15 is 0 Å². The zero-order valence-corrected chi connectivity index (χ0v) is 11.9. The minimum Gasteiger partial charge on any atom is -0.382 e. The van der Waals surface area contributed by atoms with Gasteiger partial charge in [0.2, 0.25) is 0 Å². The minimum atomic E-state index is -4.46. The molecule has 3 nitrogen and oxygen atoms in total. The maximum Gasteiger partial charge on any atom is 0.418 e. The van der Waals surface area contributed by atoms with Crippen LogP contribution in [0.15, 0.2) is 18.2 Å². The molecule has 1 fully saturated rings. The van der Waals surface area contributed by atoms with Gasteiger partial charge >= 0.3 is 6.18 Å². The first-order chi connectivity index (χ1) is 9.90. The Bertz CT molecular complexity index is 534. The van der Waals surface area contributed by atoms with Crippen LogP contribution in [-0.4, -0.2) is 31.1 Å². The van der Waals surface area contributed by atoms with Crippen LogP contribution in [0.4, 0.5) is 18.9 Å². The van der Waals surface area contributed by atoms with Crippen molar-refractivity contribution in [3.8, 4) is 6.07 Å². The van der Waals surface area contributed by atoms with Crippen molar-refractivity contribution < 1.29 is 13.2 Å². The van der Waals surface area contributed by atoms with E-state index in [4.69, 9.17) is 5.26 Å². The summed E-state index contributed by atoms with van der Waals surface area (Å²) in [5.41, 5.74) is -0.677. The van der Waals surface area contributed by atoms with E-state index in [1.165, 1.54) is 12.1 Å². The molecule has 1 aromatic rings. The van der Waals surface area contributed by atoms with Crippen molar-refractivity contribution in [3.05, 3.63) is 29.3 Å². The van der Waals surface area contributed by atoms with Crippen molar-refractivity contribution in [1.82, 2.24) is 4.90 Å². The number of benzene rings is 1. The van der Waals surface area contributed by atoms with Crippen molar-refractivity contribution >= 4 is 5.69 Å². The maximum atomic E-state index is 13.1. The molecule has 1 saturated heterocycles. The van der Waals surface area contributed by atoms with Crippen LogP contribution < -0.4 is 5.32 Å². The van der Waals surface area contributed by atoms with E-state index in [0.717, 1.165) is 38.4 Å². The lowest BCUT2D eigenvalue weighted by molar-refractivity contribution is -0.137. The van der Waals surface area contributed by atoms with Crippen LogP contribution in [0.25, 0.3) is 0 Å². The Labute approximate surface area is 122 Å². The molecule has 1 aliphatic rings. The van der Waals surface area contributed by atoms with Crippen LogP contribution >= 0.6 is 0 Å². The number of nitrogens with one attached hydrogen (secondary N) is 1. The summed E-state index contributed by atoms with van der Waals surface area (Å²) in [4.78, 5) is 2.19. The van der Waals surface area contributed by atoms with Crippen molar-refractivity contribution in [2.75, 3.05) is 25.5 Å². The fourth-order valence-electron chi connectivity index (χ4n) is 2.58. The molecule has 1 atom stereocenters. The molecule has 2 rings (SSSR count). The fourth-order valence-corrected chi connectivity index (χ4v) is 2.58. The van der Waals surface area contributed by atoms with Gasteiger partial charge in [-0.1, -0.05) is 0 Å². The number of nitriles is 1.